The number of ether oxygens (including phenoxy) is 1. The number of aliphatic hydroxyl groups is 1. The maximum absolute atomic E-state index is 9.23. The Morgan fingerprint density at radius 2 is 2.20 bits per heavy atom. The van der Waals surface area contributed by atoms with E-state index in [0.29, 0.717) is 12.2 Å². The van der Waals surface area contributed by atoms with Crippen LogP contribution >= 0.6 is 0 Å². The molecule has 15 heavy (non-hydrogen) atoms. The first-order valence-corrected chi connectivity index (χ1v) is 4.83. The quantitative estimate of drug-likeness (QED) is 0.719. The summed E-state index contributed by atoms with van der Waals surface area (Å²) in [6.07, 6.45) is -0.122. The van der Waals surface area contributed by atoms with E-state index in [4.69, 9.17) is 15.0 Å². The van der Waals surface area contributed by atoms with E-state index < -0.39 is 12.1 Å². The van der Waals surface area contributed by atoms with Crippen LogP contribution in [0.4, 0.5) is 0 Å². The van der Waals surface area contributed by atoms with E-state index in [-0.39, 0.29) is 12.0 Å². The predicted molar refractivity (Wildman–Crippen MR) is 53.1 cm³/mol. The molecule has 0 saturated heterocycles. The summed E-state index contributed by atoms with van der Waals surface area (Å²) in [5.74, 6) is 0.791. The van der Waals surface area contributed by atoms with Crippen LogP contribution in [0.2, 0.25) is 0 Å². The minimum atomic E-state index is -0.710. The number of hydrogen-bond donors (Lipinski definition) is 2. The van der Waals surface area contributed by atoms with E-state index in [1.807, 2.05) is 6.92 Å². The zero-order valence-corrected chi connectivity index (χ0v) is 9.17. The van der Waals surface area contributed by atoms with Crippen LogP contribution in [0.3, 0.4) is 0 Å². The van der Waals surface area contributed by atoms with Crippen molar-refractivity contribution in [3.63, 3.8) is 0 Å². The van der Waals surface area contributed by atoms with Gasteiger partial charge in [-0.1, -0.05) is 5.16 Å². The van der Waals surface area contributed by atoms with Gasteiger partial charge in [-0.25, -0.2) is 0 Å². The second-order valence-corrected chi connectivity index (χ2v) is 3.57. The molecular weight excluding hydrogens is 198 g/mol. The molecule has 0 aliphatic carbocycles. The van der Waals surface area contributed by atoms with Gasteiger partial charge < -0.3 is 20.1 Å². The van der Waals surface area contributed by atoms with Gasteiger partial charge >= 0.3 is 0 Å². The molecule has 1 aromatic heterocycles. The molecule has 0 spiro atoms. The first-order chi connectivity index (χ1) is 7.04. The average molecular weight is 215 g/mol. The maximum atomic E-state index is 9.23. The van der Waals surface area contributed by atoms with Gasteiger partial charge in [0.1, 0.15) is 6.04 Å². The monoisotopic (exact) mass is 215 g/mol. The highest BCUT2D eigenvalue weighted by Crippen LogP contribution is 2.12. The van der Waals surface area contributed by atoms with Crippen molar-refractivity contribution in [2.45, 2.75) is 38.5 Å². The minimum Gasteiger partial charge on any atom is -0.391 e. The van der Waals surface area contributed by atoms with Gasteiger partial charge in [-0.2, -0.15) is 4.98 Å². The van der Waals surface area contributed by atoms with Gasteiger partial charge in [0.2, 0.25) is 5.89 Å². The van der Waals surface area contributed by atoms with Crippen molar-refractivity contribution in [2.24, 2.45) is 5.73 Å². The highest BCUT2D eigenvalue weighted by Gasteiger charge is 2.19. The van der Waals surface area contributed by atoms with Gasteiger partial charge in [0.05, 0.1) is 12.2 Å². The molecule has 0 fully saturated rings. The van der Waals surface area contributed by atoms with Crippen molar-refractivity contribution in [3.8, 4) is 0 Å². The first kappa shape index (κ1) is 12.1. The molecule has 0 saturated carbocycles. The Balaban J connectivity index is 2.63. The van der Waals surface area contributed by atoms with Crippen molar-refractivity contribution >= 4 is 0 Å². The summed E-state index contributed by atoms with van der Waals surface area (Å²) in [5, 5.41) is 13.0. The highest BCUT2D eigenvalue weighted by molar-refractivity contribution is 4.94. The van der Waals surface area contributed by atoms with Gasteiger partial charge in [0.25, 0.3) is 0 Å². The Bertz CT molecular complexity index is 301. The summed E-state index contributed by atoms with van der Waals surface area (Å²) in [4.78, 5) is 4.08. The molecule has 1 aromatic rings. The molecule has 0 aromatic carbocycles. The standard InChI is InChI=1S/C9H17N3O3/c1-5(14-3)4-7-11-9(15-12-7)8(10)6(2)13/h5-6,8,13H,4,10H2,1-3H3/t5?,6-,8+/m1/s1. The fourth-order valence-corrected chi connectivity index (χ4v) is 1.03. The molecule has 0 aliphatic heterocycles. The highest BCUT2D eigenvalue weighted by atomic mass is 16.5. The van der Waals surface area contributed by atoms with Gasteiger partial charge in [-0.05, 0) is 13.8 Å². The van der Waals surface area contributed by atoms with Crippen molar-refractivity contribution in [1.29, 1.82) is 0 Å². The number of aliphatic hydroxyl groups excluding tert-OH is 1. The van der Waals surface area contributed by atoms with Crippen LogP contribution in [0.15, 0.2) is 4.52 Å². The van der Waals surface area contributed by atoms with Crippen LogP contribution in [0.1, 0.15) is 31.6 Å². The van der Waals surface area contributed by atoms with E-state index in [2.05, 4.69) is 10.1 Å². The van der Waals surface area contributed by atoms with Crippen LogP contribution < -0.4 is 5.73 Å². The minimum absolute atomic E-state index is 0.0261. The van der Waals surface area contributed by atoms with E-state index in [9.17, 15) is 5.11 Å². The van der Waals surface area contributed by atoms with Crippen LogP contribution in [-0.2, 0) is 11.2 Å². The Kier molecular flexibility index (Phi) is 4.19. The summed E-state index contributed by atoms with van der Waals surface area (Å²) < 4.78 is 10.0. The normalized spacial score (nSPS) is 17.4. The Morgan fingerprint density at radius 1 is 1.53 bits per heavy atom. The van der Waals surface area contributed by atoms with Crippen molar-refractivity contribution < 1.29 is 14.4 Å². The first-order valence-electron chi connectivity index (χ1n) is 4.83. The van der Waals surface area contributed by atoms with Crippen molar-refractivity contribution in [2.75, 3.05) is 7.11 Å². The van der Waals surface area contributed by atoms with Gasteiger partial charge in [-0.15, -0.1) is 0 Å². The van der Waals surface area contributed by atoms with Crippen LogP contribution in [0.25, 0.3) is 0 Å². The third kappa shape index (κ3) is 3.26. The lowest BCUT2D eigenvalue weighted by molar-refractivity contribution is 0.116. The van der Waals surface area contributed by atoms with Gasteiger partial charge in [0.15, 0.2) is 5.82 Å². The lowest BCUT2D eigenvalue weighted by atomic mass is 10.2. The topological polar surface area (TPSA) is 94.4 Å². The average Bonchev–Trinajstić information content (AvgIpc) is 2.64. The molecule has 3 atom stereocenters. The van der Waals surface area contributed by atoms with E-state index in [1.54, 1.807) is 14.0 Å². The van der Waals surface area contributed by atoms with Crippen LogP contribution in [0, 0.1) is 0 Å². The third-order valence-corrected chi connectivity index (χ3v) is 2.16. The number of methoxy groups -OCH3 is 1. The van der Waals surface area contributed by atoms with E-state index >= 15 is 0 Å². The lowest BCUT2D eigenvalue weighted by Gasteiger charge is -2.08. The fourth-order valence-electron chi connectivity index (χ4n) is 1.03. The molecule has 0 bridgehead atoms. The molecule has 1 rings (SSSR count). The fraction of sp³-hybridized carbons (Fsp3) is 0.778. The molecule has 0 amide bonds. The SMILES string of the molecule is COC(C)Cc1noc([C@@H](N)[C@@H](C)O)n1. The van der Waals surface area contributed by atoms with E-state index in [1.165, 1.54) is 0 Å². The Morgan fingerprint density at radius 3 is 2.73 bits per heavy atom. The summed E-state index contributed by atoms with van der Waals surface area (Å²) in [7, 11) is 1.62. The smallest absolute Gasteiger partial charge is 0.246 e. The predicted octanol–water partition coefficient (Wildman–Crippen LogP) is 0.0276. The Labute approximate surface area is 88.4 Å². The zero-order chi connectivity index (χ0) is 11.4. The molecule has 3 N–H and O–H groups in total. The maximum Gasteiger partial charge on any atom is 0.246 e. The Hall–Kier alpha value is -0.980. The second kappa shape index (κ2) is 5.20. The molecule has 0 radical (unpaired) electrons. The molecule has 1 unspecified atom stereocenters. The molecule has 6 heteroatoms. The van der Waals surface area contributed by atoms with Crippen LogP contribution in [0.5, 0.6) is 0 Å². The third-order valence-electron chi connectivity index (χ3n) is 2.16. The van der Waals surface area contributed by atoms with Gasteiger partial charge in [-0.3, -0.25) is 0 Å². The molecule has 0 aliphatic rings. The number of hydrogen-bond acceptors (Lipinski definition) is 6. The summed E-state index contributed by atoms with van der Waals surface area (Å²) in [6.45, 7) is 3.48. The molecule has 1 heterocycles. The number of aromatic nitrogens is 2. The van der Waals surface area contributed by atoms with Crippen LogP contribution in [-0.4, -0.2) is 34.6 Å². The molecule has 86 valence electrons. The van der Waals surface area contributed by atoms with E-state index in [0.717, 1.165) is 0 Å². The van der Waals surface area contributed by atoms with Crippen molar-refractivity contribution in [1.82, 2.24) is 10.1 Å². The number of rotatable bonds is 5. The zero-order valence-electron chi connectivity index (χ0n) is 9.17. The number of nitrogens with zero attached hydrogens (tertiary/aromatic N) is 2. The van der Waals surface area contributed by atoms with Crippen molar-refractivity contribution in [3.05, 3.63) is 11.7 Å². The van der Waals surface area contributed by atoms with Gasteiger partial charge in [0, 0.05) is 13.5 Å². The second-order valence-electron chi connectivity index (χ2n) is 3.57. The lowest BCUT2D eigenvalue weighted by Crippen LogP contribution is -2.23. The number of nitrogens with two attached hydrogens (primary N) is 1. The molecular formula is C9H17N3O3. The largest absolute Gasteiger partial charge is 0.391 e. The molecule has 6 nitrogen and oxygen atoms in total. The summed E-state index contributed by atoms with van der Waals surface area (Å²) >= 11 is 0. The summed E-state index contributed by atoms with van der Waals surface area (Å²) in [5.41, 5.74) is 5.64. The summed E-state index contributed by atoms with van der Waals surface area (Å²) in [6, 6.07) is -0.635.